The van der Waals surface area contributed by atoms with Crippen molar-refractivity contribution in [1.82, 2.24) is 14.4 Å². The molecule has 0 radical (unpaired) electrons. The second-order valence-corrected chi connectivity index (χ2v) is 3.96. The normalized spacial score (nSPS) is 10.9. The lowest BCUT2D eigenvalue weighted by molar-refractivity contribution is 1.10. The average molecular weight is 246 g/mol. The Bertz CT molecular complexity index is 730. The molecule has 2 aromatic heterocycles. The molecule has 0 atom stereocenters. The van der Waals surface area contributed by atoms with E-state index in [0.29, 0.717) is 16.5 Å². The highest BCUT2D eigenvalue weighted by Gasteiger charge is 2.11. The summed E-state index contributed by atoms with van der Waals surface area (Å²) in [5.74, 6) is 0. The standard InChI is InChI=1S/C12H8ClN3O/c13-10-9(8-4-2-1-3-5-8)15-12(17)11-14-6-7-16(10)11/h1-7H,(H,15,17). The van der Waals surface area contributed by atoms with Gasteiger partial charge < -0.3 is 4.98 Å². The lowest BCUT2D eigenvalue weighted by atomic mass is 10.2. The van der Waals surface area contributed by atoms with E-state index in [2.05, 4.69) is 9.97 Å². The Morgan fingerprint density at radius 1 is 1.24 bits per heavy atom. The first-order chi connectivity index (χ1) is 8.27. The number of benzene rings is 1. The molecule has 1 aromatic carbocycles. The molecule has 0 fully saturated rings. The Labute approximate surface area is 102 Å². The third kappa shape index (κ3) is 1.54. The first-order valence-corrected chi connectivity index (χ1v) is 5.45. The van der Waals surface area contributed by atoms with Gasteiger partial charge in [0.15, 0.2) is 0 Å². The highest BCUT2D eigenvalue weighted by molar-refractivity contribution is 6.32. The van der Waals surface area contributed by atoms with Crippen LogP contribution in [0.4, 0.5) is 0 Å². The van der Waals surface area contributed by atoms with Crippen molar-refractivity contribution < 1.29 is 0 Å². The molecule has 0 bridgehead atoms. The Balaban J connectivity index is 2.38. The Morgan fingerprint density at radius 2 is 2.00 bits per heavy atom. The molecular weight excluding hydrogens is 238 g/mol. The van der Waals surface area contributed by atoms with Crippen molar-refractivity contribution in [2.75, 3.05) is 0 Å². The third-order valence-electron chi connectivity index (χ3n) is 2.56. The molecule has 0 aliphatic carbocycles. The third-order valence-corrected chi connectivity index (χ3v) is 2.93. The predicted octanol–water partition coefficient (Wildman–Crippen LogP) is 2.34. The van der Waals surface area contributed by atoms with Crippen molar-refractivity contribution >= 4 is 17.2 Å². The predicted molar refractivity (Wildman–Crippen MR) is 66.3 cm³/mol. The van der Waals surface area contributed by atoms with Crippen LogP contribution in [0.3, 0.4) is 0 Å². The number of hydrogen-bond acceptors (Lipinski definition) is 2. The van der Waals surface area contributed by atoms with Crippen LogP contribution in [-0.4, -0.2) is 14.4 Å². The summed E-state index contributed by atoms with van der Waals surface area (Å²) in [6, 6.07) is 9.47. The molecule has 5 heteroatoms. The van der Waals surface area contributed by atoms with E-state index in [0.717, 1.165) is 5.56 Å². The number of H-pyrrole nitrogens is 1. The number of rotatable bonds is 1. The molecule has 0 saturated carbocycles. The van der Waals surface area contributed by atoms with E-state index in [1.165, 1.54) is 0 Å². The van der Waals surface area contributed by atoms with Crippen molar-refractivity contribution in [2.24, 2.45) is 0 Å². The van der Waals surface area contributed by atoms with E-state index in [-0.39, 0.29) is 5.56 Å². The van der Waals surface area contributed by atoms with Crippen molar-refractivity contribution in [3.8, 4) is 11.3 Å². The maximum atomic E-state index is 11.8. The highest BCUT2D eigenvalue weighted by Crippen LogP contribution is 2.24. The van der Waals surface area contributed by atoms with E-state index in [4.69, 9.17) is 11.6 Å². The minimum atomic E-state index is -0.252. The monoisotopic (exact) mass is 245 g/mol. The van der Waals surface area contributed by atoms with Gasteiger partial charge in [-0.1, -0.05) is 41.9 Å². The van der Waals surface area contributed by atoms with Crippen LogP contribution in [0.15, 0.2) is 47.5 Å². The van der Waals surface area contributed by atoms with Crippen molar-refractivity contribution in [3.63, 3.8) is 0 Å². The van der Waals surface area contributed by atoms with Gasteiger partial charge in [-0.3, -0.25) is 9.20 Å². The van der Waals surface area contributed by atoms with Crippen LogP contribution in [0.25, 0.3) is 16.9 Å². The average Bonchev–Trinajstić information content (AvgIpc) is 2.85. The molecule has 0 aliphatic heterocycles. The number of fused-ring (bicyclic) bond motifs is 1. The smallest absolute Gasteiger partial charge is 0.292 e. The number of halogens is 1. The second-order valence-electron chi connectivity index (χ2n) is 3.61. The molecule has 0 amide bonds. The van der Waals surface area contributed by atoms with E-state index in [1.807, 2.05) is 30.3 Å². The maximum absolute atomic E-state index is 11.8. The van der Waals surface area contributed by atoms with Gasteiger partial charge in [0.1, 0.15) is 5.15 Å². The molecule has 0 unspecified atom stereocenters. The van der Waals surface area contributed by atoms with Crippen LogP contribution >= 0.6 is 11.6 Å². The van der Waals surface area contributed by atoms with E-state index < -0.39 is 0 Å². The summed E-state index contributed by atoms with van der Waals surface area (Å²) in [7, 11) is 0. The molecule has 3 aromatic rings. The summed E-state index contributed by atoms with van der Waals surface area (Å²) in [5, 5.41) is 0.448. The number of aromatic amines is 1. The number of aromatic nitrogens is 3. The first kappa shape index (κ1) is 10.1. The van der Waals surface area contributed by atoms with Gasteiger partial charge in [-0.25, -0.2) is 4.98 Å². The fourth-order valence-corrected chi connectivity index (χ4v) is 2.06. The number of hydrogen-bond donors (Lipinski definition) is 1. The van der Waals surface area contributed by atoms with Crippen molar-refractivity contribution in [3.05, 3.63) is 58.2 Å². The maximum Gasteiger partial charge on any atom is 0.292 e. The Kier molecular flexibility index (Phi) is 2.23. The zero-order chi connectivity index (χ0) is 11.8. The molecule has 2 heterocycles. The number of nitrogens with one attached hydrogen (secondary N) is 1. The van der Waals surface area contributed by atoms with Gasteiger partial charge in [0.05, 0.1) is 5.69 Å². The molecule has 3 rings (SSSR count). The Morgan fingerprint density at radius 3 is 2.76 bits per heavy atom. The second kappa shape index (κ2) is 3.75. The van der Waals surface area contributed by atoms with Gasteiger partial charge in [0.25, 0.3) is 5.56 Å². The first-order valence-electron chi connectivity index (χ1n) is 5.07. The van der Waals surface area contributed by atoms with Gasteiger partial charge in [-0.2, -0.15) is 0 Å². The van der Waals surface area contributed by atoms with Gasteiger partial charge in [-0.15, -0.1) is 0 Å². The minimum Gasteiger partial charge on any atom is -0.316 e. The van der Waals surface area contributed by atoms with Gasteiger partial charge >= 0.3 is 0 Å². The zero-order valence-electron chi connectivity index (χ0n) is 8.72. The van der Waals surface area contributed by atoms with Crippen LogP contribution in [0.2, 0.25) is 5.15 Å². The summed E-state index contributed by atoms with van der Waals surface area (Å²) < 4.78 is 1.57. The topological polar surface area (TPSA) is 50.2 Å². The van der Waals surface area contributed by atoms with E-state index >= 15 is 0 Å². The number of imidazole rings is 1. The fourth-order valence-electron chi connectivity index (χ4n) is 1.77. The summed E-state index contributed by atoms with van der Waals surface area (Å²) in [6.45, 7) is 0. The zero-order valence-corrected chi connectivity index (χ0v) is 9.48. The summed E-state index contributed by atoms with van der Waals surface area (Å²) >= 11 is 6.24. The quantitative estimate of drug-likeness (QED) is 0.715. The molecule has 0 spiro atoms. The molecule has 1 N–H and O–H groups in total. The molecular formula is C12H8ClN3O. The molecule has 17 heavy (non-hydrogen) atoms. The Hall–Kier alpha value is -2.07. The molecule has 0 saturated heterocycles. The summed E-state index contributed by atoms with van der Waals surface area (Å²) in [6.07, 6.45) is 3.21. The number of nitrogens with zero attached hydrogens (tertiary/aromatic N) is 2. The summed E-state index contributed by atoms with van der Waals surface area (Å²) in [4.78, 5) is 18.5. The van der Waals surface area contributed by atoms with Crippen LogP contribution in [-0.2, 0) is 0 Å². The van der Waals surface area contributed by atoms with Crippen molar-refractivity contribution in [1.29, 1.82) is 0 Å². The van der Waals surface area contributed by atoms with Crippen LogP contribution in [0.5, 0.6) is 0 Å². The summed E-state index contributed by atoms with van der Waals surface area (Å²) in [5.41, 5.74) is 1.51. The highest BCUT2D eigenvalue weighted by atomic mass is 35.5. The van der Waals surface area contributed by atoms with Crippen LogP contribution in [0.1, 0.15) is 0 Å². The largest absolute Gasteiger partial charge is 0.316 e. The lowest BCUT2D eigenvalue weighted by Crippen LogP contribution is -2.12. The van der Waals surface area contributed by atoms with E-state index in [1.54, 1.807) is 16.8 Å². The van der Waals surface area contributed by atoms with Gasteiger partial charge in [-0.05, 0) is 0 Å². The molecule has 0 aliphatic rings. The van der Waals surface area contributed by atoms with Crippen LogP contribution in [0, 0.1) is 0 Å². The molecule has 4 nitrogen and oxygen atoms in total. The minimum absolute atomic E-state index is 0.252. The van der Waals surface area contributed by atoms with Gasteiger partial charge in [0, 0.05) is 18.0 Å². The SMILES string of the molecule is O=c1[nH]c(-c2ccccc2)c(Cl)n2ccnc12. The van der Waals surface area contributed by atoms with Crippen LogP contribution < -0.4 is 5.56 Å². The lowest BCUT2D eigenvalue weighted by Gasteiger charge is -2.06. The van der Waals surface area contributed by atoms with E-state index in [9.17, 15) is 4.79 Å². The van der Waals surface area contributed by atoms with Crippen molar-refractivity contribution in [2.45, 2.75) is 0 Å². The van der Waals surface area contributed by atoms with Gasteiger partial charge in [0.2, 0.25) is 5.65 Å². The molecule has 84 valence electrons. The fraction of sp³-hybridized carbons (Fsp3) is 0.